The van der Waals surface area contributed by atoms with E-state index in [0.29, 0.717) is 0 Å². The summed E-state index contributed by atoms with van der Waals surface area (Å²) in [7, 11) is 0. The van der Waals surface area contributed by atoms with Gasteiger partial charge >= 0.3 is 5.97 Å². The first-order valence-electron chi connectivity index (χ1n) is 7.15. The number of carboxylic acids is 1. The number of aliphatic carboxylic acids is 1. The van der Waals surface area contributed by atoms with Gasteiger partial charge in [0.05, 0.1) is 6.10 Å². The van der Waals surface area contributed by atoms with E-state index in [1.165, 1.54) is 0 Å². The van der Waals surface area contributed by atoms with Crippen molar-refractivity contribution in [3.05, 3.63) is 71.8 Å². The average molecular weight is 296 g/mol. The Kier molecular flexibility index (Phi) is 3.77. The van der Waals surface area contributed by atoms with Crippen molar-refractivity contribution in [1.29, 1.82) is 0 Å². The molecule has 2 atom stereocenters. The number of Topliss-reactive ketones (excluding diaryl/α,β-unsaturated/α-hetero) is 1. The second-order valence-corrected chi connectivity index (χ2v) is 5.44. The van der Waals surface area contributed by atoms with E-state index < -0.39 is 17.7 Å². The molecule has 0 spiro atoms. The quantitative estimate of drug-likeness (QED) is 0.881. The molecule has 4 nitrogen and oxygen atoms in total. The summed E-state index contributed by atoms with van der Waals surface area (Å²) >= 11 is 0. The molecule has 0 aromatic heterocycles. The van der Waals surface area contributed by atoms with E-state index in [1.54, 1.807) is 12.1 Å². The van der Waals surface area contributed by atoms with Crippen LogP contribution in [0.5, 0.6) is 0 Å². The van der Waals surface area contributed by atoms with E-state index in [2.05, 4.69) is 0 Å². The number of ketones is 1. The molecule has 2 aromatic rings. The first-order chi connectivity index (χ1) is 10.6. The summed E-state index contributed by atoms with van der Waals surface area (Å²) in [5.74, 6) is -1.60. The molecule has 1 saturated heterocycles. The monoisotopic (exact) mass is 296 g/mol. The first kappa shape index (κ1) is 14.5. The Morgan fingerprint density at radius 3 is 2.27 bits per heavy atom. The zero-order valence-electron chi connectivity index (χ0n) is 11.9. The molecule has 1 N–H and O–H groups in total. The number of hydrogen-bond acceptors (Lipinski definition) is 3. The third-order valence-corrected chi connectivity index (χ3v) is 3.98. The Morgan fingerprint density at radius 1 is 1.09 bits per heavy atom. The van der Waals surface area contributed by atoms with E-state index in [9.17, 15) is 14.7 Å². The summed E-state index contributed by atoms with van der Waals surface area (Å²) in [6.45, 7) is 0. The molecule has 0 aliphatic carbocycles. The van der Waals surface area contributed by atoms with Crippen LogP contribution in [0.3, 0.4) is 0 Å². The lowest BCUT2D eigenvalue weighted by Gasteiger charge is -2.23. The number of rotatable bonds is 4. The second-order valence-electron chi connectivity index (χ2n) is 5.44. The van der Waals surface area contributed by atoms with Crippen molar-refractivity contribution in [2.24, 2.45) is 0 Å². The maximum Gasteiger partial charge on any atom is 0.344 e. The average Bonchev–Trinajstić information content (AvgIpc) is 2.87. The molecule has 22 heavy (non-hydrogen) atoms. The first-order valence-corrected chi connectivity index (χ1v) is 7.15. The van der Waals surface area contributed by atoms with Gasteiger partial charge in [-0.2, -0.15) is 0 Å². The molecule has 1 heterocycles. The van der Waals surface area contributed by atoms with E-state index in [4.69, 9.17) is 4.74 Å². The molecule has 4 heteroatoms. The second kappa shape index (κ2) is 5.73. The Hall–Kier alpha value is -2.46. The van der Waals surface area contributed by atoms with Crippen molar-refractivity contribution < 1.29 is 19.4 Å². The third kappa shape index (κ3) is 2.53. The maximum absolute atomic E-state index is 12.4. The Labute approximate surface area is 128 Å². The number of carbonyl (C=O) groups is 2. The fourth-order valence-corrected chi connectivity index (χ4v) is 2.81. The third-order valence-electron chi connectivity index (χ3n) is 3.98. The van der Waals surface area contributed by atoms with E-state index >= 15 is 0 Å². The zero-order valence-corrected chi connectivity index (χ0v) is 11.9. The molecule has 2 aromatic carbocycles. The van der Waals surface area contributed by atoms with Crippen LogP contribution in [0.15, 0.2) is 60.7 Å². The highest BCUT2D eigenvalue weighted by atomic mass is 16.5. The molecule has 1 fully saturated rings. The minimum atomic E-state index is -1.79. The van der Waals surface area contributed by atoms with Crippen molar-refractivity contribution in [2.75, 3.05) is 0 Å². The van der Waals surface area contributed by atoms with Gasteiger partial charge in [-0.1, -0.05) is 60.7 Å². The summed E-state index contributed by atoms with van der Waals surface area (Å²) < 4.78 is 5.76. The standard InChI is InChI=1S/C18H16O4/c19-16-11-15(14-9-5-2-6-10-14)22-18(16,17(20)21)12-13-7-3-1-4-8-13/h1-10,15H,11-12H2,(H,20,21)/t15-,18+/m1/s1. The smallest absolute Gasteiger partial charge is 0.344 e. The Morgan fingerprint density at radius 2 is 1.68 bits per heavy atom. The number of hydrogen-bond donors (Lipinski definition) is 1. The predicted octanol–water partition coefficient (Wildman–Crippen LogP) is 2.78. The van der Waals surface area contributed by atoms with E-state index in [1.807, 2.05) is 48.5 Å². The molecule has 0 radical (unpaired) electrons. The molecule has 0 amide bonds. The van der Waals surface area contributed by atoms with Crippen LogP contribution in [-0.4, -0.2) is 22.5 Å². The zero-order chi connectivity index (χ0) is 15.6. The molecular formula is C18H16O4. The summed E-state index contributed by atoms with van der Waals surface area (Å²) in [5, 5.41) is 9.61. The van der Waals surface area contributed by atoms with Crippen LogP contribution in [0.25, 0.3) is 0 Å². The normalized spacial score (nSPS) is 24.4. The van der Waals surface area contributed by atoms with Crippen LogP contribution < -0.4 is 0 Å². The van der Waals surface area contributed by atoms with Crippen LogP contribution in [0, 0.1) is 0 Å². The van der Waals surface area contributed by atoms with Gasteiger partial charge in [0, 0.05) is 12.8 Å². The van der Waals surface area contributed by atoms with E-state index in [-0.39, 0.29) is 18.6 Å². The van der Waals surface area contributed by atoms with E-state index in [0.717, 1.165) is 11.1 Å². The number of carbonyl (C=O) groups excluding carboxylic acids is 1. The fraction of sp³-hybridized carbons (Fsp3) is 0.222. The summed E-state index contributed by atoms with van der Waals surface area (Å²) in [5.41, 5.74) is -0.194. The van der Waals surface area contributed by atoms with Crippen molar-refractivity contribution in [1.82, 2.24) is 0 Å². The van der Waals surface area contributed by atoms with Crippen LogP contribution in [0.1, 0.15) is 23.7 Å². The van der Waals surface area contributed by atoms with Gasteiger partial charge in [-0.05, 0) is 11.1 Å². The summed E-state index contributed by atoms with van der Waals surface area (Å²) in [6, 6.07) is 18.3. The highest BCUT2D eigenvalue weighted by Gasteiger charge is 2.54. The van der Waals surface area contributed by atoms with Gasteiger partial charge in [-0.25, -0.2) is 4.79 Å². The van der Waals surface area contributed by atoms with Gasteiger partial charge in [-0.3, -0.25) is 4.79 Å². The van der Waals surface area contributed by atoms with Crippen molar-refractivity contribution >= 4 is 11.8 Å². The van der Waals surface area contributed by atoms with Gasteiger partial charge in [0.15, 0.2) is 5.78 Å². The molecular weight excluding hydrogens is 280 g/mol. The van der Waals surface area contributed by atoms with Gasteiger partial charge in [0.25, 0.3) is 0 Å². The van der Waals surface area contributed by atoms with Gasteiger partial charge in [0.2, 0.25) is 5.60 Å². The number of ether oxygens (including phenoxy) is 1. The molecule has 0 saturated carbocycles. The Bertz CT molecular complexity index is 681. The van der Waals surface area contributed by atoms with Gasteiger partial charge < -0.3 is 9.84 Å². The maximum atomic E-state index is 12.4. The van der Waals surface area contributed by atoms with Gasteiger partial charge in [0.1, 0.15) is 0 Å². The number of benzene rings is 2. The molecule has 0 bridgehead atoms. The van der Waals surface area contributed by atoms with Crippen LogP contribution in [0.4, 0.5) is 0 Å². The SMILES string of the molecule is O=C(O)[C@@]1(Cc2ccccc2)O[C@@H](c2ccccc2)CC1=O. The topological polar surface area (TPSA) is 63.6 Å². The molecule has 3 rings (SSSR count). The largest absolute Gasteiger partial charge is 0.479 e. The van der Waals surface area contributed by atoms with Crippen LogP contribution in [0.2, 0.25) is 0 Å². The highest BCUT2D eigenvalue weighted by molar-refractivity contribution is 6.08. The fourth-order valence-electron chi connectivity index (χ4n) is 2.81. The molecule has 1 aliphatic heterocycles. The van der Waals surface area contributed by atoms with Crippen LogP contribution >= 0.6 is 0 Å². The lowest BCUT2D eigenvalue weighted by Crippen LogP contribution is -2.46. The molecule has 1 aliphatic rings. The minimum Gasteiger partial charge on any atom is -0.479 e. The van der Waals surface area contributed by atoms with Crippen molar-refractivity contribution in [3.63, 3.8) is 0 Å². The lowest BCUT2D eigenvalue weighted by molar-refractivity contribution is -0.167. The lowest BCUT2D eigenvalue weighted by atomic mass is 9.90. The number of carboxylic acid groups (broad SMARTS) is 1. The van der Waals surface area contributed by atoms with Crippen molar-refractivity contribution in [3.8, 4) is 0 Å². The Balaban J connectivity index is 1.91. The predicted molar refractivity (Wildman–Crippen MR) is 80.4 cm³/mol. The van der Waals surface area contributed by atoms with Crippen molar-refractivity contribution in [2.45, 2.75) is 24.5 Å². The summed E-state index contributed by atoms with van der Waals surface area (Å²) in [4.78, 5) is 24.2. The minimum absolute atomic E-state index is 0.0470. The van der Waals surface area contributed by atoms with Gasteiger partial charge in [-0.15, -0.1) is 0 Å². The summed E-state index contributed by atoms with van der Waals surface area (Å²) in [6.07, 6.45) is -0.373. The van der Waals surface area contributed by atoms with Crippen LogP contribution in [-0.2, 0) is 20.7 Å². The highest BCUT2D eigenvalue weighted by Crippen LogP contribution is 2.39. The molecule has 0 unspecified atom stereocenters. The molecule has 112 valence electrons.